The number of para-hydroxylation sites is 1. The quantitative estimate of drug-likeness (QED) is 0.751. The highest BCUT2D eigenvalue weighted by atomic mass is 32.2. The number of amides is 3. The number of anilines is 1. The molecule has 7 heteroatoms. The third kappa shape index (κ3) is 4.36. The number of benzene rings is 2. The summed E-state index contributed by atoms with van der Waals surface area (Å²) in [5, 5.41) is 2.05. The Morgan fingerprint density at radius 2 is 1.77 bits per heavy atom. The Labute approximate surface area is 180 Å². The Balaban J connectivity index is 1.48. The van der Waals surface area contributed by atoms with Gasteiger partial charge >= 0.3 is 0 Å². The van der Waals surface area contributed by atoms with Crippen LogP contribution in [0, 0.1) is 6.92 Å². The van der Waals surface area contributed by atoms with Gasteiger partial charge in [0.2, 0.25) is 11.8 Å². The predicted molar refractivity (Wildman–Crippen MR) is 117 cm³/mol. The second kappa shape index (κ2) is 8.92. The van der Waals surface area contributed by atoms with Crippen molar-refractivity contribution in [1.82, 2.24) is 10.2 Å². The molecule has 0 saturated carbocycles. The molecule has 6 nitrogen and oxygen atoms in total. The van der Waals surface area contributed by atoms with E-state index in [1.807, 2.05) is 55.5 Å². The molecule has 1 atom stereocenters. The molecule has 1 N–H and O–H groups in total. The maximum atomic E-state index is 13.2. The Bertz CT molecular complexity index is 954. The lowest BCUT2D eigenvalue weighted by Crippen LogP contribution is -2.51. The molecule has 2 aliphatic rings. The zero-order valence-corrected chi connectivity index (χ0v) is 17.8. The van der Waals surface area contributed by atoms with Gasteiger partial charge in [0, 0.05) is 24.5 Å². The van der Waals surface area contributed by atoms with Gasteiger partial charge in [-0.1, -0.05) is 42.0 Å². The number of rotatable bonds is 5. The van der Waals surface area contributed by atoms with Gasteiger partial charge in [0.15, 0.2) is 5.25 Å². The number of thioether (sulfide) groups is 1. The molecule has 2 aromatic rings. The monoisotopic (exact) mass is 423 g/mol. The van der Waals surface area contributed by atoms with Crippen molar-refractivity contribution < 1.29 is 14.4 Å². The van der Waals surface area contributed by atoms with Gasteiger partial charge in [-0.15, -0.1) is 11.8 Å². The minimum atomic E-state index is -0.831. The Morgan fingerprint density at radius 1 is 1.07 bits per heavy atom. The third-order valence-corrected chi connectivity index (χ3v) is 6.68. The van der Waals surface area contributed by atoms with E-state index in [-0.39, 0.29) is 24.3 Å². The molecule has 0 aromatic heterocycles. The number of hydrogen-bond donors (Lipinski definition) is 1. The van der Waals surface area contributed by atoms with Crippen LogP contribution in [0.3, 0.4) is 0 Å². The van der Waals surface area contributed by atoms with Gasteiger partial charge < -0.3 is 15.1 Å². The summed E-state index contributed by atoms with van der Waals surface area (Å²) in [7, 11) is 0. The van der Waals surface area contributed by atoms with Crippen molar-refractivity contribution in [3.05, 3.63) is 59.7 Å². The van der Waals surface area contributed by atoms with Gasteiger partial charge in [0.05, 0.1) is 5.69 Å². The average molecular weight is 424 g/mol. The first-order valence-corrected chi connectivity index (χ1v) is 11.1. The normalized spacial score (nSPS) is 18.3. The number of carbonyl (C=O) groups excluding carboxylic acids is 3. The number of fused-ring (bicyclic) bond motifs is 1. The van der Waals surface area contributed by atoms with Crippen LogP contribution in [0.5, 0.6) is 0 Å². The molecule has 1 saturated heterocycles. The second-order valence-corrected chi connectivity index (χ2v) is 8.83. The van der Waals surface area contributed by atoms with Crippen LogP contribution in [0.25, 0.3) is 0 Å². The molecule has 0 bridgehead atoms. The molecule has 0 radical (unpaired) electrons. The molecule has 4 rings (SSSR count). The molecule has 0 spiro atoms. The number of nitrogens with one attached hydrogen (secondary N) is 1. The van der Waals surface area contributed by atoms with E-state index in [1.165, 1.54) is 16.7 Å². The summed E-state index contributed by atoms with van der Waals surface area (Å²) in [5.41, 5.74) is 2.84. The van der Waals surface area contributed by atoms with Gasteiger partial charge in [-0.25, -0.2) is 0 Å². The van der Waals surface area contributed by atoms with Crippen LogP contribution in [-0.4, -0.2) is 47.5 Å². The lowest BCUT2D eigenvalue weighted by Gasteiger charge is -2.34. The molecule has 2 heterocycles. The van der Waals surface area contributed by atoms with Crippen molar-refractivity contribution >= 4 is 35.2 Å². The number of nitrogens with zero attached hydrogens (tertiary/aromatic N) is 2. The van der Waals surface area contributed by atoms with Crippen molar-refractivity contribution in [2.75, 3.05) is 24.5 Å². The van der Waals surface area contributed by atoms with Crippen LogP contribution < -0.4 is 10.2 Å². The lowest BCUT2D eigenvalue weighted by molar-refractivity contribution is -0.134. The topological polar surface area (TPSA) is 69.7 Å². The third-order valence-electron chi connectivity index (χ3n) is 5.45. The van der Waals surface area contributed by atoms with Gasteiger partial charge in [0.25, 0.3) is 5.91 Å². The van der Waals surface area contributed by atoms with Crippen molar-refractivity contribution in [1.29, 1.82) is 0 Å². The predicted octanol–water partition coefficient (Wildman–Crippen LogP) is 2.74. The van der Waals surface area contributed by atoms with E-state index in [0.29, 0.717) is 25.3 Å². The highest BCUT2D eigenvalue weighted by Crippen LogP contribution is 2.39. The van der Waals surface area contributed by atoms with Crippen LogP contribution in [-0.2, 0) is 20.9 Å². The summed E-state index contributed by atoms with van der Waals surface area (Å²) < 4.78 is 0. The summed E-state index contributed by atoms with van der Waals surface area (Å²) >= 11 is 1.29. The first-order valence-electron chi connectivity index (χ1n) is 10.2. The van der Waals surface area contributed by atoms with Gasteiger partial charge in [-0.3, -0.25) is 14.4 Å². The average Bonchev–Trinajstić information content (AvgIpc) is 3.29. The van der Waals surface area contributed by atoms with Crippen molar-refractivity contribution in [3.8, 4) is 0 Å². The number of carbonyl (C=O) groups is 3. The highest BCUT2D eigenvalue weighted by molar-refractivity contribution is 8.01. The molecular formula is C23H25N3O3S. The fourth-order valence-corrected chi connectivity index (χ4v) is 4.93. The maximum absolute atomic E-state index is 13.2. The fraction of sp³-hybridized carbons (Fsp3) is 0.348. The zero-order valence-electron chi connectivity index (χ0n) is 17.0. The Morgan fingerprint density at radius 3 is 2.50 bits per heavy atom. The molecule has 0 aliphatic carbocycles. The largest absolute Gasteiger partial charge is 0.350 e. The molecule has 30 heavy (non-hydrogen) atoms. The molecule has 0 unspecified atom stereocenters. The standard InChI is InChI=1S/C23H25N3O3S/c1-16-8-10-17(11-9-16)14-24-20(27)15-26-18-6-2-3-7-19(18)30-21(23(26)29)22(28)25-12-4-5-13-25/h2-3,6-11,21H,4-5,12-15H2,1H3,(H,24,27)/t21-/m1/s1. The molecule has 3 amide bonds. The smallest absolute Gasteiger partial charge is 0.250 e. The zero-order chi connectivity index (χ0) is 21.1. The van der Waals surface area contributed by atoms with E-state index >= 15 is 0 Å². The first kappa shape index (κ1) is 20.5. The van der Waals surface area contributed by atoms with E-state index < -0.39 is 5.25 Å². The Hall–Kier alpha value is -2.80. The minimum absolute atomic E-state index is 0.105. The molecular weight excluding hydrogens is 398 g/mol. The van der Waals surface area contributed by atoms with E-state index in [4.69, 9.17) is 0 Å². The summed E-state index contributed by atoms with van der Waals surface area (Å²) in [4.78, 5) is 42.9. The van der Waals surface area contributed by atoms with Gasteiger partial charge in [-0.05, 0) is 37.5 Å². The summed E-state index contributed by atoms with van der Waals surface area (Å²) in [6, 6.07) is 15.4. The summed E-state index contributed by atoms with van der Waals surface area (Å²) in [6.07, 6.45) is 1.94. The number of hydrogen-bond acceptors (Lipinski definition) is 4. The molecule has 2 aromatic carbocycles. The molecule has 1 fully saturated rings. The highest BCUT2D eigenvalue weighted by Gasteiger charge is 2.41. The number of likely N-dealkylation sites (tertiary alicyclic amines) is 1. The summed E-state index contributed by atoms with van der Waals surface area (Å²) in [6.45, 7) is 3.70. The molecule has 2 aliphatic heterocycles. The van der Waals surface area contributed by atoms with E-state index in [2.05, 4.69) is 5.32 Å². The first-order chi connectivity index (χ1) is 14.5. The Kier molecular flexibility index (Phi) is 6.08. The maximum Gasteiger partial charge on any atom is 0.250 e. The van der Waals surface area contributed by atoms with Crippen molar-refractivity contribution in [2.24, 2.45) is 0 Å². The minimum Gasteiger partial charge on any atom is -0.350 e. The van der Waals surface area contributed by atoms with Crippen LogP contribution in [0.1, 0.15) is 24.0 Å². The second-order valence-electron chi connectivity index (χ2n) is 7.68. The molecule has 156 valence electrons. The van der Waals surface area contributed by atoms with Crippen molar-refractivity contribution in [2.45, 2.75) is 36.5 Å². The van der Waals surface area contributed by atoms with Crippen molar-refractivity contribution in [3.63, 3.8) is 0 Å². The van der Waals surface area contributed by atoms with E-state index in [9.17, 15) is 14.4 Å². The lowest BCUT2D eigenvalue weighted by atomic mass is 10.1. The number of aryl methyl sites for hydroxylation is 1. The van der Waals surface area contributed by atoms with Gasteiger partial charge in [-0.2, -0.15) is 0 Å². The van der Waals surface area contributed by atoms with Gasteiger partial charge in [0.1, 0.15) is 6.54 Å². The SMILES string of the molecule is Cc1ccc(CNC(=O)CN2C(=O)[C@@H](C(=O)N3CCCC3)Sc3ccccc32)cc1. The van der Waals surface area contributed by atoms with E-state index in [1.54, 1.807) is 4.90 Å². The van der Waals surface area contributed by atoms with Crippen LogP contribution in [0.2, 0.25) is 0 Å². The van der Waals surface area contributed by atoms with Crippen LogP contribution in [0.4, 0.5) is 5.69 Å². The van der Waals surface area contributed by atoms with Crippen LogP contribution in [0.15, 0.2) is 53.4 Å². The van der Waals surface area contributed by atoms with E-state index in [0.717, 1.165) is 28.9 Å². The van der Waals surface area contributed by atoms with Crippen LogP contribution >= 0.6 is 11.8 Å². The fourth-order valence-electron chi connectivity index (χ4n) is 3.75. The summed E-state index contributed by atoms with van der Waals surface area (Å²) in [5.74, 6) is -0.721.